The number of nitrogens with one attached hydrogen (secondary N) is 2. The van der Waals surface area contributed by atoms with Crippen LogP contribution in [0.5, 0.6) is 0 Å². The van der Waals surface area contributed by atoms with Gasteiger partial charge in [-0.15, -0.1) is 0 Å². The van der Waals surface area contributed by atoms with Crippen LogP contribution >= 0.6 is 0 Å². The lowest BCUT2D eigenvalue weighted by Gasteiger charge is -2.39. The summed E-state index contributed by atoms with van der Waals surface area (Å²) < 4.78 is 5.47. The van der Waals surface area contributed by atoms with Crippen LogP contribution in [-0.2, 0) is 4.74 Å². The van der Waals surface area contributed by atoms with Crippen LogP contribution in [0.15, 0.2) is 0 Å². The fourth-order valence-electron chi connectivity index (χ4n) is 3.28. The van der Waals surface area contributed by atoms with E-state index >= 15 is 0 Å². The molecule has 2 fully saturated rings. The number of piperidine rings is 1. The fraction of sp³-hybridized carbons (Fsp3) is 1.00. The summed E-state index contributed by atoms with van der Waals surface area (Å²) in [5, 5.41) is 7.25. The van der Waals surface area contributed by atoms with Gasteiger partial charge in [-0.2, -0.15) is 0 Å². The van der Waals surface area contributed by atoms with Crippen LogP contribution in [0.1, 0.15) is 46.0 Å². The minimum absolute atomic E-state index is 0.458. The van der Waals surface area contributed by atoms with E-state index in [1.807, 2.05) is 0 Å². The minimum atomic E-state index is 0.458. The molecule has 0 amide bonds. The van der Waals surface area contributed by atoms with Crippen molar-refractivity contribution in [3.05, 3.63) is 0 Å². The molecule has 0 radical (unpaired) electrons. The molecular formula is C15H30N2O. The SMILES string of the molecule is CCC1(CNCC2(C)CCOCC2)CCNCC1. The molecule has 0 unspecified atom stereocenters. The molecule has 2 aliphatic heterocycles. The standard InChI is InChI=1S/C15H30N2O/c1-3-15(4-8-16-9-5-15)13-17-12-14(2)6-10-18-11-7-14/h16-17H,3-13H2,1-2H3. The van der Waals surface area contributed by atoms with Gasteiger partial charge < -0.3 is 15.4 Å². The number of rotatable bonds is 5. The molecule has 0 aromatic carbocycles. The maximum Gasteiger partial charge on any atom is 0.0471 e. The van der Waals surface area contributed by atoms with Gasteiger partial charge in [0.15, 0.2) is 0 Å². The lowest BCUT2D eigenvalue weighted by Crippen LogP contribution is -2.45. The summed E-state index contributed by atoms with van der Waals surface area (Å²) in [5.74, 6) is 0. The van der Waals surface area contributed by atoms with E-state index in [0.717, 1.165) is 19.8 Å². The molecular weight excluding hydrogens is 224 g/mol. The predicted molar refractivity (Wildman–Crippen MR) is 75.9 cm³/mol. The van der Waals surface area contributed by atoms with Gasteiger partial charge in [0.25, 0.3) is 0 Å². The Morgan fingerprint density at radius 3 is 2.33 bits per heavy atom. The van der Waals surface area contributed by atoms with Crippen LogP contribution in [0.4, 0.5) is 0 Å². The highest BCUT2D eigenvalue weighted by atomic mass is 16.5. The average Bonchev–Trinajstić information content (AvgIpc) is 2.40. The second-order valence-electron chi connectivity index (χ2n) is 6.63. The molecule has 2 saturated heterocycles. The van der Waals surface area contributed by atoms with Crippen LogP contribution in [0, 0.1) is 10.8 Å². The van der Waals surface area contributed by atoms with Gasteiger partial charge >= 0.3 is 0 Å². The molecule has 2 N–H and O–H groups in total. The Kier molecular flexibility index (Phi) is 5.05. The van der Waals surface area contributed by atoms with Crippen LogP contribution < -0.4 is 10.6 Å². The quantitative estimate of drug-likeness (QED) is 0.789. The van der Waals surface area contributed by atoms with Crippen LogP contribution in [-0.4, -0.2) is 39.4 Å². The van der Waals surface area contributed by atoms with E-state index in [1.165, 1.54) is 51.7 Å². The average molecular weight is 254 g/mol. The zero-order valence-electron chi connectivity index (χ0n) is 12.2. The predicted octanol–water partition coefficient (Wildman–Crippen LogP) is 2.17. The van der Waals surface area contributed by atoms with Crippen molar-refractivity contribution in [2.45, 2.75) is 46.0 Å². The summed E-state index contributed by atoms with van der Waals surface area (Å²) in [4.78, 5) is 0. The zero-order valence-corrected chi connectivity index (χ0v) is 12.2. The lowest BCUT2D eigenvalue weighted by molar-refractivity contribution is 0.0222. The summed E-state index contributed by atoms with van der Waals surface area (Å²) in [6.45, 7) is 11.4. The first kappa shape index (κ1) is 14.3. The zero-order chi connectivity index (χ0) is 12.9. The van der Waals surface area contributed by atoms with E-state index in [2.05, 4.69) is 24.5 Å². The molecule has 3 nitrogen and oxygen atoms in total. The van der Waals surface area contributed by atoms with Gasteiger partial charge in [0, 0.05) is 26.3 Å². The van der Waals surface area contributed by atoms with Crippen LogP contribution in [0.25, 0.3) is 0 Å². The highest BCUT2D eigenvalue weighted by Crippen LogP contribution is 2.33. The highest BCUT2D eigenvalue weighted by Gasteiger charge is 2.32. The molecule has 2 rings (SSSR count). The van der Waals surface area contributed by atoms with Crippen molar-refractivity contribution < 1.29 is 4.74 Å². The Hall–Kier alpha value is -0.120. The van der Waals surface area contributed by atoms with E-state index in [-0.39, 0.29) is 0 Å². The molecule has 18 heavy (non-hydrogen) atoms. The molecule has 106 valence electrons. The van der Waals surface area contributed by atoms with Crippen LogP contribution in [0.3, 0.4) is 0 Å². The van der Waals surface area contributed by atoms with E-state index in [1.54, 1.807) is 0 Å². The summed E-state index contributed by atoms with van der Waals surface area (Å²) in [6, 6.07) is 0. The molecule has 0 aromatic rings. The molecule has 0 aromatic heterocycles. The first-order valence-electron chi connectivity index (χ1n) is 7.67. The van der Waals surface area contributed by atoms with Gasteiger partial charge in [-0.05, 0) is 56.0 Å². The molecule has 0 spiro atoms. The molecule has 3 heteroatoms. The lowest BCUT2D eigenvalue weighted by atomic mass is 9.76. The van der Waals surface area contributed by atoms with Gasteiger partial charge in [-0.1, -0.05) is 13.8 Å². The topological polar surface area (TPSA) is 33.3 Å². The largest absolute Gasteiger partial charge is 0.381 e. The highest BCUT2D eigenvalue weighted by molar-refractivity contribution is 4.87. The molecule has 0 saturated carbocycles. The molecule has 2 aliphatic rings. The van der Waals surface area contributed by atoms with Crippen LogP contribution in [0.2, 0.25) is 0 Å². The van der Waals surface area contributed by atoms with Gasteiger partial charge in [-0.3, -0.25) is 0 Å². The third-order valence-corrected chi connectivity index (χ3v) is 5.17. The maximum atomic E-state index is 5.47. The van der Waals surface area contributed by atoms with Crippen molar-refractivity contribution in [1.29, 1.82) is 0 Å². The van der Waals surface area contributed by atoms with Crippen molar-refractivity contribution >= 4 is 0 Å². The van der Waals surface area contributed by atoms with Gasteiger partial charge in [0.1, 0.15) is 0 Å². The van der Waals surface area contributed by atoms with E-state index in [9.17, 15) is 0 Å². The number of hydrogen-bond acceptors (Lipinski definition) is 3. The molecule has 0 aliphatic carbocycles. The Morgan fingerprint density at radius 1 is 1.06 bits per heavy atom. The normalized spacial score (nSPS) is 27.0. The number of ether oxygens (including phenoxy) is 1. The van der Waals surface area contributed by atoms with Crippen molar-refractivity contribution in [3.8, 4) is 0 Å². The monoisotopic (exact) mass is 254 g/mol. The summed E-state index contributed by atoms with van der Waals surface area (Å²) in [5.41, 5.74) is 1.01. The maximum absolute atomic E-state index is 5.47. The third-order valence-electron chi connectivity index (χ3n) is 5.17. The fourth-order valence-corrected chi connectivity index (χ4v) is 3.28. The van der Waals surface area contributed by atoms with Gasteiger partial charge in [0.2, 0.25) is 0 Å². The van der Waals surface area contributed by atoms with Crippen molar-refractivity contribution in [1.82, 2.24) is 10.6 Å². The third kappa shape index (κ3) is 3.69. The van der Waals surface area contributed by atoms with E-state index in [4.69, 9.17) is 4.74 Å². The molecule has 2 heterocycles. The Balaban J connectivity index is 1.75. The summed E-state index contributed by atoms with van der Waals surface area (Å²) in [6.07, 6.45) is 6.38. The van der Waals surface area contributed by atoms with Crippen molar-refractivity contribution in [2.75, 3.05) is 39.4 Å². The smallest absolute Gasteiger partial charge is 0.0471 e. The van der Waals surface area contributed by atoms with E-state index in [0.29, 0.717) is 10.8 Å². The van der Waals surface area contributed by atoms with Gasteiger partial charge in [0.05, 0.1) is 0 Å². The number of hydrogen-bond donors (Lipinski definition) is 2. The Labute approximate surface area is 112 Å². The van der Waals surface area contributed by atoms with Crippen molar-refractivity contribution in [2.24, 2.45) is 10.8 Å². The van der Waals surface area contributed by atoms with E-state index < -0.39 is 0 Å². The Morgan fingerprint density at radius 2 is 1.72 bits per heavy atom. The first-order chi connectivity index (χ1) is 8.68. The summed E-state index contributed by atoms with van der Waals surface area (Å²) >= 11 is 0. The Bertz CT molecular complexity index is 243. The second-order valence-corrected chi connectivity index (χ2v) is 6.63. The molecule has 0 atom stereocenters. The van der Waals surface area contributed by atoms with Gasteiger partial charge in [-0.25, -0.2) is 0 Å². The molecule has 0 bridgehead atoms. The minimum Gasteiger partial charge on any atom is -0.381 e. The second kappa shape index (κ2) is 6.36. The first-order valence-corrected chi connectivity index (χ1v) is 7.67. The summed E-state index contributed by atoms with van der Waals surface area (Å²) in [7, 11) is 0. The van der Waals surface area contributed by atoms with Crippen molar-refractivity contribution in [3.63, 3.8) is 0 Å².